The Morgan fingerprint density at radius 1 is 1.39 bits per heavy atom. The molecule has 0 aromatic carbocycles. The minimum atomic E-state index is -0.916. The van der Waals surface area contributed by atoms with Crippen LogP contribution in [0.15, 0.2) is 12.4 Å². The van der Waals surface area contributed by atoms with Crippen molar-refractivity contribution in [2.75, 3.05) is 19.5 Å². The zero-order valence-corrected chi connectivity index (χ0v) is 12.5. The van der Waals surface area contributed by atoms with Gasteiger partial charge in [-0.05, 0) is 6.42 Å². The van der Waals surface area contributed by atoms with Gasteiger partial charge in [0, 0.05) is 6.08 Å². The van der Waals surface area contributed by atoms with Crippen LogP contribution in [0.1, 0.15) is 19.2 Å². The highest BCUT2D eigenvalue weighted by molar-refractivity contribution is 6.19. The number of nitrogens with one attached hydrogen (secondary N) is 1. The first-order valence-electron chi connectivity index (χ1n) is 6.67. The van der Waals surface area contributed by atoms with Crippen molar-refractivity contribution < 1.29 is 24.1 Å². The number of imidazole rings is 1. The molecule has 10 nitrogen and oxygen atoms in total. The molecule has 2 rings (SSSR count). The largest absolute Gasteiger partial charge is 0.462 e. The van der Waals surface area contributed by atoms with Crippen LogP contribution in [0.5, 0.6) is 0 Å². The van der Waals surface area contributed by atoms with Gasteiger partial charge in [0.25, 0.3) is 0 Å². The van der Waals surface area contributed by atoms with Crippen LogP contribution in [0, 0.1) is 0 Å². The second kappa shape index (κ2) is 7.31. The van der Waals surface area contributed by atoms with E-state index in [-0.39, 0.29) is 29.5 Å². The van der Waals surface area contributed by atoms with E-state index in [1.165, 1.54) is 6.33 Å². The van der Waals surface area contributed by atoms with Gasteiger partial charge in [0.05, 0.1) is 20.0 Å². The molecule has 122 valence electrons. The minimum Gasteiger partial charge on any atom is -0.462 e. The fraction of sp³-hybridized carbons (Fsp3) is 0.308. The van der Waals surface area contributed by atoms with Gasteiger partial charge in [-0.15, -0.1) is 0 Å². The number of hydrogen-bond acceptors (Lipinski definition) is 9. The summed E-state index contributed by atoms with van der Waals surface area (Å²) >= 11 is 0. The van der Waals surface area contributed by atoms with E-state index >= 15 is 0 Å². The first kappa shape index (κ1) is 16.4. The van der Waals surface area contributed by atoms with E-state index < -0.39 is 11.9 Å². The van der Waals surface area contributed by atoms with Crippen LogP contribution in [0.3, 0.4) is 0 Å². The van der Waals surface area contributed by atoms with Crippen molar-refractivity contribution in [2.45, 2.75) is 13.3 Å². The zero-order valence-electron chi connectivity index (χ0n) is 12.5. The van der Waals surface area contributed by atoms with Crippen LogP contribution in [0.2, 0.25) is 0 Å². The lowest BCUT2D eigenvalue weighted by Crippen LogP contribution is -2.14. The average molecular weight is 321 g/mol. The summed E-state index contributed by atoms with van der Waals surface area (Å²) in [5, 5.41) is 0. The summed E-state index contributed by atoms with van der Waals surface area (Å²) in [6, 6.07) is 0. The number of esters is 1. The van der Waals surface area contributed by atoms with Crippen LogP contribution >= 0.6 is 0 Å². The Kier molecular flexibility index (Phi) is 5.20. The standard InChI is InChI=1S/C13H15N5O5/c1-3-4-22-13(20)7(5-8(19)23-21-2)11-17-10(14)9-12(18-11)16-6-15-9/h5-6H,3-4H2,1-2H3,(H3,14,15,16,17,18)/b7-5-. The van der Waals surface area contributed by atoms with Gasteiger partial charge in [-0.25, -0.2) is 24.5 Å². The van der Waals surface area contributed by atoms with Crippen molar-refractivity contribution in [3.63, 3.8) is 0 Å². The highest BCUT2D eigenvalue weighted by Gasteiger charge is 2.21. The molecule has 0 saturated heterocycles. The van der Waals surface area contributed by atoms with Crippen LogP contribution in [-0.4, -0.2) is 45.6 Å². The molecule has 0 bridgehead atoms. The predicted octanol–water partition coefficient (Wildman–Crippen LogP) is 0.376. The number of rotatable bonds is 6. The number of nitrogen functional groups attached to an aromatic ring is 1. The van der Waals surface area contributed by atoms with Gasteiger partial charge in [-0.3, -0.25) is 4.89 Å². The molecule has 0 unspecified atom stereocenters. The topological polar surface area (TPSA) is 142 Å². The number of nitrogens with zero attached hydrogens (tertiary/aromatic N) is 3. The maximum absolute atomic E-state index is 12.1. The zero-order chi connectivity index (χ0) is 16.8. The Morgan fingerprint density at radius 2 is 2.17 bits per heavy atom. The van der Waals surface area contributed by atoms with Crippen molar-refractivity contribution in [3.8, 4) is 0 Å². The third-order valence-electron chi connectivity index (χ3n) is 2.64. The molecule has 0 aliphatic carbocycles. The number of carbonyl (C=O) groups is 2. The van der Waals surface area contributed by atoms with E-state index in [9.17, 15) is 9.59 Å². The minimum absolute atomic E-state index is 0.0804. The summed E-state index contributed by atoms with van der Waals surface area (Å²) < 4.78 is 5.02. The van der Waals surface area contributed by atoms with Crippen LogP contribution < -0.4 is 5.73 Å². The van der Waals surface area contributed by atoms with E-state index in [2.05, 4.69) is 29.7 Å². The third-order valence-corrected chi connectivity index (χ3v) is 2.64. The molecule has 10 heteroatoms. The maximum Gasteiger partial charge on any atom is 0.366 e. The van der Waals surface area contributed by atoms with Gasteiger partial charge in [0.15, 0.2) is 17.3 Å². The molecule has 23 heavy (non-hydrogen) atoms. The highest BCUT2D eigenvalue weighted by atomic mass is 17.2. The molecule has 0 amide bonds. The SMILES string of the molecule is CCCOC(=O)/C(=C\C(=O)OOC)c1nc(N)c2[nH]cnc2n1. The summed E-state index contributed by atoms with van der Waals surface area (Å²) in [6.45, 7) is 2.01. The summed E-state index contributed by atoms with van der Waals surface area (Å²) in [5.41, 5.74) is 6.25. The normalized spacial score (nSPS) is 11.5. The molecule has 0 fully saturated rings. The molecular weight excluding hydrogens is 306 g/mol. The number of hydrogen-bond donors (Lipinski definition) is 2. The molecule has 0 aliphatic heterocycles. The van der Waals surface area contributed by atoms with E-state index in [4.69, 9.17) is 10.5 Å². The summed E-state index contributed by atoms with van der Waals surface area (Å²) in [7, 11) is 1.16. The van der Waals surface area contributed by atoms with Gasteiger partial charge in [-0.2, -0.15) is 4.89 Å². The van der Waals surface area contributed by atoms with Gasteiger partial charge in [0.1, 0.15) is 11.1 Å². The van der Waals surface area contributed by atoms with Crippen LogP contribution in [0.4, 0.5) is 5.82 Å². The second-order valence-corrected chi connectivity index (χ2v) is 4.30. The molecule has 0 spiro atoms. The van der Waals surface area contributed by atoms with E-state index in [1.807, 2.05) is 6.92 Å². The Balaban J connectivity index is 2.45. The second-order valence-electron chi connectivity index (χ2n) is 4.30. The van der Waals surface area contributed by atoms with Crippen molar-refractivity contribution in [3.05, 3.63) is 18.2 Å². The Hall–Kier alpha value is -3.01. The maximum atomic E-state index is 12.1. The number of ether oxygens (including phenoxy) is 1. The molecule has 2 heterocycles. The third kappa shape index (κ3) is 3.80. The van der Waals surface area contributed by atoms with Crippen LogP contribution in [-0.2, 0) is 24.1 Å². The number of aromatic amines is 1. The van der Waals surface area contributed by atoms with E-state index in [0.717, 1.165) is 13.2 Å². The molecule has 0 atom stereocenters. The number of H-pyrrole nitrogens is 1. The molecule has 2 aromatic heterocycles. The summed E-state index contributed by atoms with van der Waals surface area (Å²) in [5.74, 6) is -1.72. The van der Waals surface area contributed by atoms with Gasteiger partial charge >= 0.3 is 11.9 Å². The molecule has 2 aromatic rings. The predicted molar refractivity (Wildman–Crippen MR) is 78.4 cm³/mol. The van der Waals surface area contributed by atoms with Crippen molar-refractivity contribution >= 4 is 34.5 Å². The number of anilines is 1. The smallest absolute Gasteiger partial charge is 0.366 e. The summed E-state index contributed by atoms with van der Waals surface area (Å²) in [4.78, 5) is 47.1. The lowest BCUT2D eigenvalue weighted by molar-refractivity contribution is -0.249. The highest BCUT2D eigenvalue weighted by Crippen LogP contribution is 2.19. The quantitative estimate of drug-likeness (QED) is 0.334. The average Bonchev–Trinajstić information content (AvgIpc) is 2.99. The van der Waals surface area contributed by atoms with Crippen molar-refractivity contribution in [1.29, 1.82) is 0 Å². The molecule has 3 N–H and O–H groups in total. The lowest BCUT2D eigenvalue weighted by Gasteiger charge is -2.07. The molecule has 0 radical (unpaired) electrons. The Labute approximate surface area is 130 Å². The lowest BCUT2D eigenvalue weighted by atomic mass is 10.2. The fourth-order valence-corrected chi connectivity index (χ4v) is 1.69. The van der Waals surface area contributed by atoms with Gasteiger partial charge in [-0.1, -0.05) is 6.92 Å². The number of aromatic nitrogens is 4. The van der Waals surface area contributed by atoms with Gasteiger partial charge < -0.3 is 15.5 Å². The molecule has 0 saturated carbocycles. The van der Waals surface area contributed by atoms with Crippen molar-refractivity contribution in [2.24, 2.45) is 0 Å². The Morgan fingerprint density at radius 3 is 2.87 bits per heavy atom. The first-order chi connectivity index (χ1) is 11.1. The molecule has 0 aliphatic rings. The number of carbonyl (C=O) groups excluding carboxylic acids is 2. The van der Waals surface area contributed by atoms with E-state index in [0.29, 0.717) is 11.9 Å². The summed E-state index contributed by atoms with van der Waals surface area (Å²) in [6.07, 6.45) is 2.87. The number of nitrogens with two attached hydrogens (primary N) is 1. The van der Waals surface area contributed by atoms with Crippen LogP contribution in [0.25, 0.3) is 16.7 Å². The first-order valence-corrected chi connectivity index (χ1v) is 6.67. The van der Waals surface area contributed by atoms with Gasteiger partial charge in [0.2, 0.25) is 0 Å². The Bertz CT molecular complexity index is 754. The monoisotopic (exact) mass is 321 g/mol. The van der Waals surface area contributed by atoms with Crippen molar-refractivity contribution in [1.82, 2.24) is 19.9 Å². The fourth-order valence-electron chi connectivity index (χ4n) is 1.69. The molecular formula is C13H15N5O5. The van der Waals surface area contributed by atoms with E-state index in [1.54, 1.807) is 0 Å². The number of fused-ring (bicyclic) bond motifs is 1.